The molecule has 1 aromatic heterocycles. The Balaban J connectivity index is 1.72. The van der Waals surface area contributed by atoms with Crippen LogP contribution in [0, 0.1) is 12.8 Å². The molecule has 2 N–H and O–H groups in total. The normalized spacial score (nSPS) is 15.7. The number of ketones is 1. The Bertz CT molecular complexity index is 1040. The molecule has 0 amide bonds. The quantitative estimate of drug-likeness (QED) is 0.597. The first-order valence-electron chi connectivity index (χ1n) is 10.2. The van der Waals surface area contributed by atoms with Crippen LogP contribution in [0.3, 0.4) is 0 Å². The number of carbonyl (C=O) groups excluding carboxylic acids is 1. The number of fused-ring (bicyclic) bond motifs is 1. The Hall–Kier alpha value is -3.21. The van der Waals surface area contributed by atoms with Crippen molar-refractivity contribution < 1.29 is 4.79 Å². The average Bonchev–Trinajstić information content (AvgIpc) is 2.68. The zero-order valence-electron chi connectivity index (χ0n) is 17.1. The van der Waals surface area contributed by atoms with Crippen molar-refractivity contribution in [3.63, 3.8) is 0 Å². The van der Waals surface area contributed by atoms with E-state index in [1.54, 1.807) is 0 Å². The number of carbonyl (C=O) groups is 1. The van der Waals surface area contributed by atoms with Crippen LogP contribution in [0.4, 0.5) is 23.1 Å². The molecule has 0 bridgehead atoms. The highest BCUT2D eigenvalue weighted by Gasteiger charge is 2.28. The fourth-order valence-corrected chi connectivity index (χ4v) is 3.73. The van der Waals surface area contributed by atoms with Gasteiger partial charge in [0.25, 0.3) is 0 Å². The van der Waals surface area contributed by atoms with Gasteiger partial charge in [-0.05, 0) is 61.1 Å². The van der Waals surface area contributed by atoms with E-state index in [-0.39, 0.29) is 11.7 Å². The molecule has 1 unspecified atom stereocenters. The van der Waals surface area contributed by atoms with Gasteiger partial charge in [-0.1, -0.05) is 38.1 Å². The molecular weight excluding hydrogens is 360 g/mol. The molecule has 1 aliphatic rings. The topological polar surface area (TPSA) is 66.9 Å². The minimum absolute atomic E-state index is 0.104. The van der Waals surface area contributed by atoms with Crippen LogP contribution in [-0.4, -0.2) is 15.8 Å². The lowest BCUT2D eigenvalue weighted by atomic mass is 9.87. The highest BCUT2D eigenvalue weighted by atomic mass is 16.1. The van der Waals surface area contributed by atoms with Crippen LogP contribution in [0.5, 0.6) is 0 Å². The number of nitrogens with one attached hydrogen (secondary N) is 2. The molecule has 0 aliphatic heterocycles. The van der Waals surface area contributed by atoms with Gasteiger partial charge in [0.1, 0.15) is 5.82 Å². The summed E-state index contributed by atoms with van der Waals surface area (Å²) >= 11 is 0. The Morgan fingerprint density at radius 1 is 1.00 bits per heavy atom. The largest absolute Gasteiger partial charge is 0.339 e. The van der Waals surface area contributed by atoms with Crippen LogP contribution in [0.1, 0.15) is 47.4 Å². The second-order valence-corrected chi connectivity index (χ2v) is 7.82. The molecule has 29 heavy (non-hydrogen) atoms. The van der Waals surface area contributed by atoms with Crippen molar-refractivity contribution in [2.75, 3.05) is 10.6 Å². The van der Waals surface area contributed by atoms with Crippen molar-refractivity contribution in [1.82, 2.24) is 9.97 Å². The Labute approximate surface area is 171 Å². The summed E-state index contributed by atoms with van der Waals surface area (Å²) in [6.07, 6.45) is 2.31. The van der Waals surface area contributed by atoms with E-state index in [9.17, 15) is 4.79 Å². The van der Waals surface area contributed by atoms with Crippen LogP contribution < -0.4 is 10.6 Å². The maximum Gasteiger partial charge on any atom is 0.229 e. The molecule has 2 aromatic carbocycles. The zero-order valence-corrected chi connectivity index (χ0v) is 17.1. The van der Waals surface area contributed by atoms with Crippen molar-refractivity contribution in [2.24, 2.45) is 5.92 Å². The van der Waals surface area contributed by atoms with Gasteiger partial charge in [0.05, 0.1) is 11.3 Å². The van der Waals surface area contributed by atoms with Gasteiger partial charge in [0.2, 0.25) is 5.95 Å². The monoisotopic (exact) mass is 386 g/mol. The van der Waals surface area contributed by atoms with Crippen LogP contribution in [-0.2, 0) is 12.8 Å². The van der Waals surface area contributed by atoms with Gasteiger partial charge in [-0.15, -0.1) is 0 Å². The Morgan fingerprint density at radius 3 is 2.52 bits per heavy atom. The molecule has 1 atom stereocenters. The molecule has 4 rings (SSSR count). The predicted octanol–water partition coefficient (Wildman–Crippen LogP) is 5.60. The molecule has 0 saturated heterocycles. The lowest BCUT2D eigenvalue weighted by Gasteiger charge is -2.23. The van der Waals surface area contributed by atoms with Crippen molar-refractivity contribution in [3.8, 4) is 0 Å². The summed E-state index contributed by atoms with van der Waals surface area (Å²) in [7, 11) is 0. The summed E-state index contributed by atoms with van der Waals surface area (Å²) in [6, 6.07) is 16.3. The van der Waals surface area contributed by atoms with E-state index < -0.39 is 0 Å². The fourth-order valence-electron chi connectivity index (χ4n) is 3.73. The third-order valence-electron chi connectivity index (χ3n) is 5.24. The van der Waals surface area contributed by atoms with E-state index in [1.807, 2.05) is 43.3 Å². The van der Waals surface area contributed by atoms with E-state index in [0.29, 0.717) is 23.8 Å². The van der Waals surface area contributed by atoms with Gasteiger partial charge < -0.3 is 10.6 Å². The highest BCUT2D eigenvalue weighted by molar-refractivity contribution is 6.03. The third-order valence-corrected chi connectivity index (χ3v) is 5.24. The number of benzene rings is 2. The van der Waals surface area contributed by atoms with Crippen molar-refractivity contribution in [1.29, 1.82) is 0 Å². The molecule has 3 aromatic rings. The SMILES string of the molecule is CCc1ccc(Nc2nc3c(c(Nc4cccc(C)c4)n2)C(=O)CC(C)C3)cc1. The third kappa shape index (κ3) is 4.29. The predicted molar refractivity (Wildman–Crippen MR) is 117 cm³/mol. The molecule has 0 fully saturated rings. The minimum atomic E-state index is 0.104. The second kappa shape index (κ2) is 8.03. The Morgan fingerprint density at radius 2 is 1.79 bits per heavy atom. The fraction of sp³-hybridized carbons (Fsp3) is 0.292. The van der Waals surface area contributed by atoms with Crippen LogP contribution in [0.2, 0.25) is 0 Å². The number of anilines is 4. The summed E-state index contributed by atoms with van der Waals surface area (Å²) in [6.45, 7) is 6.27. The molecule has 1 aliphatic carbocycles. The first-order valence-corrected chi connectivity index (χ1v) is 10.2. The molecule has 5 nitrogen and oxygen atoms in total. The van der Waals surface area contributed by atoms with Crippen molar-refractivity contribution in [2.45, 2.75) is 40.0 Å². The van der Waals surface area contributed by atoms with Gasteiger partial charge in [-0.25, -0.2) is 4.98 Å². The van der Waals surface area contributed by atoms with Crippen molar-refractivity contribution >= 4 is 28.9 Å². The molecule has 0 spiro atoms. The number of Topliss-reactive ketones (excluding diaryl/α,β-unsaturated/α-hetero) is 1. The van der Waals surface area contributed by atoms with E-state index in [2.05, 4.69) is 46.6 Å². The van der Waals surface area contributed by atoms with E-state index >= 15 is 0 Å². The number of aromatic nitrogens is 2. The van der Waals surface area contributed by atoms with Crippen LogP contribution in [0.25, 0.3) is 0 Å². The lowest BCUT2D eigenvalue weighted by molar-refractivity contribution is 0.0953. The molecule has 1 heterocycles. The van der Waals surface area contributed by atoms with Crippen LogP contribution in [0.15, 0.2) is 48.5 Å². The smallest absolute Gasteiger partial charge is 0.229 e. The summed E-state index contributed by atoms with van der Waals surface area (Å²) in [5.74, 6) is 1.47. The maximum absolute atomic E-state index is 12.8. The van der Waals surface area contributed by atoms with E-state index in [1.165, 1.54) is 5.56 Å². The maximum atomic E-state index is 12.8. The van der Waals surface area contributed by atoms with E-state index in [4.69, 9.17) is 0 Å². The van der Waals surface area contributed by atoms with Crippen LogP contribution >= 0.6 is 0 Å². The molecule has 0 saturated carbocycles. The summed E-state index contributed by atoms with van der Waals surface area (Å²) in [4.78, 5) is 22.1. The molecule has 5 heteroatoms. The van der Waals surface area contributed by atoms with Crippen molar-refractivity contribution in [3.05, 3.63) is 70.9 Å². The van der Waals surface area contributed by atoms with Gasteiger partial charge in [-0.3, -0.25) is 4.79 Å². The summed E-state index contributed by atoms with van der Waals surface area (Å²) in [5.41, 5.74) is 5.70. The average molecular weight is 386 g/mol. The van der Waals surface area contributed by atoms with Gasteiger partial charge in [0.15, 0.2) is 5.78 Å². The summed E-state index contributed by atoms with van der Waals surface area (Å²) < 4.78 is 0. The number of hydrogen-bond acceptors (Lipinski definition) is 5. The molecule has 148 valence electrons. The molecule has 0 radical (unpaired) electrons. The number of aryl methyl sites for hydroxylation is 2. The van der Waals surface area contributed by atoms with Gasteiger partial charge in [0, 0.05) is 17.8 Å². The highest BCUT2D eigenvalue weighted by Crippen LogP contribution is 2.32. The molecular formula is C24H26N4O. The minimum Gasteiger partial charge on any atom is -0.339 e. The standard InChI is InChI=1S/C24H26N4O/c1-4-17-8-10-18(11-9-17)26-24-27-20-13-16(3)14-21(29)22(20)23(28-24)25-19-7-5-6-15(2)12-19/h5-12,16H,4,13-14H2,1-3H3,(H2,25,26,27,28). The number of nitrogens with zero attached hydrogens (tertiary/aromatic N) is 2. The summed E-state index contributed by atoms with van der Waals surface area (Å²) in [5, 5.41) is 6.65. The lowest BCUT2D eigenvalue weighted by Crippen LogP contribution is -2.22. The second-order valence-electron chi connectivity index (χ2n) is 7.82. The van der Waals surface area contributed by atoms with Gasteiger partial charge in [-0.2, -0.15) is 4.98 Å². The first-order chi connectivity index (χ1) is 14.0. The van der Waals surface area contributed by atoms with E-state index in [0.717, 1.165) is 35.5 Å². The Kier molecular flexibility index (Phi) is 5.30. The number of rotatable bonds is 5. The zero-order chi connectivity index (χ0) is 20.4. The number of hydrogen-bond donors (Lipinski definition) is 2. The first kappa shape index (κ1) is 19.1. The van der Waals surface area contributed by atoms with Gasteiger partial charge >= 0.3 is 0 Å².